The van der Waals surface area contributed by atoms with E-state index in [0.717, 1.165) is 11.6 Å². The summed E-state index contributed by atoms with van der Waals surface area (Å²) >= 11 is 6.02. The van der Waals surface area contributed by atoms with E-state index in [4.69, 9.17) is 16.3 Å². The molecule has 1 aromatic carbocycles. The van der Waals surface area contributed by atoms with Crippen LogP contribution in [-0.4, -0.2) is 16.7 Å². The maximum Gasteiger partial charge on any atom is 0.207 e. The Hall–Kier alpha value is -1.68. The lowest BCUT2D eigenvalue weighted by Gasteiger charge is -2.08. The van der Waals surface area contributed by atoms with Gasteiger partial charge in [0.05, 0.1) is 12.1 Å². The van der Waals surface area contributed by atoms with E-state index in [1.807, 2.05) is 29.9 Å². The molecule has 1 N–H and O–H groups in total. The molecular weight excluding hydrogens is 226 g/mol. The second-order valence-electron chi connectivity index (χ2n) is 3.34. The Morgan fingerprint density at radius 3 is 2.81 bits per heavy atom. The highest BCUT2D eigenvalue weighted by atomic mass is 35.5. The Kier molecular flexibility index (Phi) is 3.01. The molecule has 2 aromatic rings. The summed E-state index contributed by atoms with van der Waals surface area (Å²) in [5.74, 6) is 1.42. The van der Waals surface area contributed by atoms with Gasteiger partial charge >= 0.3 is 0 Å². The normalized spacial score (nSPS) is 10.2. The minimum Gasteiger partial charge on any atom is -0.495 e. The predicted octanol–water partition coefficient (Wildman–Crippen LogP) is 2.83. The number of anilines is 2. The lowest BCUT2D eigenvalue weighted by Crippen LogP contribution is -1.98. The molecule has 0 unspecified atom stereocenters. The van der Waals surface area contributed by atoms with Crippen LogP contribution in [0.15, 0.2) is 30.6 Å². The largest absolute Gasteiger partial charge is 0.495 e. The zero-order valence-electron chi connectivity index (χ0n) is 9.07. The van der Waals surface area contributed by atoms with Gasteiger partial charge in [-0.3, -0.25) is 0 Å². The van der Waals surface area contributed by atoms with Crippen LogP contribution >= 0.6 is 11.6 Å². The molecule has 2 rings (SSSR count). The fraction of sp³-hybridized carbons (Fsp3) is 0.182. The first-order valence-electron chi connectivity index (χ1n) is 4.78. The van der Waals surface area contributed by atoms with Crippen LogP contribution in [0.3, 0.4) is 0 Å². The minimum absolute atomic E-state index is 0.571. The van der Waals surface area contributed by atoms with Crippen LogP contribution in [0.1, 0.15) is 0 Å². The summed E-state index contributed by atoms with van der Waals surface area (Å²) in [5, 5.41) is 3.73. The molecule has 16 heavy (non-hydrogen) atoms. The summed E-state index contributed by atoms with van der Waals surface area (Å²) in [7, 11) is 3.51. The van der Waals surface area contributed by atoms with E-state index in [1.165, 1.54) is 0 Å². The monoisotopic (exact) mass is 237 g/mol. The SMILES string of the molecule is COc1ccc(Nc2nccn2C)cc1Cl. The van der Waals surface area contributed by atoms with Crippen molar-refractivity contribution in [3.63, 3.8) is 0 Å². The molecule has 4 nitrogen and oxygen atoms in total. The van der Waals surface area contributed by atoms with Crippen LogP contribution in [0.5, 0.6) is 5.75 Å². The molecule has 0 aliphatic carbocycles. The van der Waals surface area contributed by atoms with Gasteiger partial charge in [-0.2, -0.15) is 0 Å². The molecule has 0 atom stereocenters. The third kappa shape index (κ3) is 2.12. The number of aromatic nitrogens is 2. The predicted molar refractivity (Wildman–Crippen MR) is 64.5 cm³/mol. The van der Waals surface area contributed by atoms with Crippen molar-refractivity contribution in [3.8, 4) is 5.75 Å². The number of aryl methyl sites for hydroxylation is 1. The molecule has 0 spiro atoms. The van der Waals surface area contributed by atoms with Crippen molar-refractivity contribution in [1.29, 1.82) is 0 Å². The van der Waals surface area contributed by atoms with Gasteiger partial charge in [0.1, 0.15) is 5.75 Å². The molecule has 5 heteroatoms. The molecule has 0 amide bonds. The molecule has 0 bridgehead atoms. The van der Waals surface area contributed by atoms with Crippen LogP contribution in [0.4, 0.5) is 11.6 Å². The summed E-state index contributed by atoms with van der Waals surface area (Å²) in [5.41, 5.74) is 0.875. The average molecular weight is 238 g/mol. The Morgan fingerprint density at radius 1 is 1.44 bits per heavy atom. The van der Waals surface area contributed by atoms with Gasteiger partial charge in [-0.05, 0) is 18.2 Å². The van der Waals surface area contributed by atoms with Crippen LogP contribution in [0.25, 0.3) is 0 Å². The van der Waals surface area contributed by atoms with Crippen molar-refractivity contribution in [3.05, 3.63) is 35.6 Å². The van der Waals surface area contributed by atoms with Gasteiger partial charge < -0.3 is 14.6 Å². The van der Waals surface area contributed by atoms with Gasteiger partial charge in [-0.25, -0.2) is 4.98 Å². The summed E-state index contributed by atoms with van der Waals surface area (Å²) in [6, 6.07) is 5.50. The van der Waals surface area contributed by atoms with E-state index in [0.29, 0.717) is 10.8 Å². The van der Waals surface area contributed by atoms with Crippen molar-refractivity contribution < 1.29 is 4.74 Å². The second kappa shape index (κ2) is 4.45. The van der Waals surface area contributed by atoms with Crippen molar-refractivity contribution in [2.45, 2.75) is 0 Å². The highest BCUT2D eigenvalue weighted by Gasteiger charge is 2.03. The van der Waals surface area contributed by atoms with Crippen molar-refractivity contribution in [1.82, 2.24) is 9.55 Å². The number of hydrogen-bond donors (Lipinski definition) is 1. The first kappa shape index (κ1) is 10.8. The molecule has 0 radical (unpaired) electrons. The molecule has 0 fully saturated rings. The van der Waals surface area contributed by atoms with Crippen LogP contribution in [0.2, 0.25) is 5.02 Å². The van der Waals surface area contributed by atoms with Gasteiger partial charge in [-0.1, -0.05) is 11.6 Å². The first-order valence-corrected chi connectivity index (χ1v) is 5.16. The lowest BCUT2D eigenvalue weighted by molar-refractivity contribution is 0.415. The molecule has 0 aliphatic heterocycles. The summed E-state index contributed by atoms with van der Waals surface area (Å²) < 4.78 is 6.97. The van der Waals surface area contributed by atoms with Gasteiger partial charge in [0, 0.05) is 25.1 Å². The fourth-order valence-corrected chi connectivity index (χ4v) is 1.62. The zero-order chi connectivity index (χ0) is 11.5. The van der Waals surface area contributed by atoms with Gasteiger partial charge in [0.2, 0.25) is 5.95 Å². The molecule has 1 heterocycles. The number of nitrogens with zero attached hydrogens (tertiary/aromatic N) is 2. The second-order valence-corrected chi connectivity index (χ2v) is 3.74. The number of benzene rings is 1. The Labute approximate surface area is 98.8 Å². The van der Waals surface area contributed by atoms with E-state index in [9.17, 15) is 0 Å². The smallest absolute Gasteiger partial charge is 0.207 e. The van der Waals surface area contributed by atoms with E-state index in [-0.39, 0.29) is 0 Å². The van der Waals surface area contributed by atoms with Crippen molar-refractivity contribution >= 4 is 23.2 Å². The average Bonchev–Trinajstić information content (AvgIpc) is 2.65. The highest BCUT2D eigenvalue weighted by molar-refractivity contribution is 6.32. The maximum absolute atomic E-state index is 6.02. The van der Waals surface area contributed by atoms with Gasteiger partial charge in [0.25, 0.3) is 0 Å². The van der Waals surface area contributed by atoms with Crippen molar-refractivity contribution in [2.24, 2.45) is 7.05 Å². The summed E-state index contributed by atoms with van der Waals surface area (Å²) in [6.07, 6.45) is 3.60. The summed E-state index contributed by atoms with van der Waals surface area (Å²) in [6.45, 7) is 0. The number of imidazole rings is 1. The van der Waals surface area contributed by atoms with Crippen LogP contribution in [-0.2, 0) is 7.05 Å². The standard InChI is InChI=1S/C11H12ClN3O/c1-15-6-5-13-11(15)14-8-3-4-10(16-2)9(12)7-8/h3-7H,1-2H3,(H,13,14). The summed E-state index contributed by atoms with van der Waals surface area (Å²) in [4.78, 5) is 4.16. The molecule has 0 saturated heterocycles. The Morgan fingerprint density at radius 2 is 2.25 bits per heavy atom. The Bertz CT molecular complexity index is 496. The van der Waals surface area contributed by atoms with Crippen LogP contribution in [0, 0.1) is 0 Å². The fourth-order valence-electron chi connectivity index (χ4n) is 1.36. The number of hydrogen-bond acceptors (Lipinski definition) is 3. The van der Waals surface area contributed by atoms with E-state index >= 15 is 0 Å². The van der Waals surface area contributed by atoms with Crippen LogP contribution < -0.4 is 10.1 Å². The quantitative estimate of drug-likeness (QED) is 0.892. The number of ether oxygens (including phenoxy) is 1. The van der Waals surface area contributed by atoms with Crippen molar-refractivity contribution in [2.75, 3.05) is 12.4 Å². The topological polar surface area (TPSA) is 39.1 Å². The third-order valence-electron chi connectivity index (χ3n) is 2.23. The van der Waals surface area contributed by atoms with E-state index in [1.54, 1.807) is 19.4 Å². The molecule has 84 valence electrons. The molecule has 0 saturated carbocycles. The zero-order valence-corrected chi connectivity index (χ0v) is 9.82. The lowest BCUT2D eigenvalue weighted by atomic mass is 10.3. The number of halogens is 1. The molecule has 1 aromatic heterocycles. The number of rotatable bonds is 3. The third-order valence-corrected chi connectivity index (χ3v) is 2.52. The molecular formula is C11H12ClN3O. The molecule has 0 aliphatic rings. The minimum atomic E-state index is 0.571. The number of methoxy groups -OCH3 is 1. The van der Waals surface area contributed by atoms with E-state index in [2.05, 4.69) is 10.3 Å². The van der Waals surface area contributed by atoms with Gasteiger partial charge in [-0.15, -0.1) is 0 Å². The maximum atomic E-state index is 6.02. The first-order chi connectivity index (χ1) is 7.70. The van der Waals surface area contributed by atoms with Gasteiger partial charge in [0.15, 0.2) is 0 Å². The number of nitrogens with one attached hydrogen (secondary N) is 1. The Balaban J connectivity index is 2.23. The highest BCUT2D eigenvalue weighted by Crippen LogP contribution is 2.28. The van der Waals surface area contributed by atoms with E-state index < -0.39 is 0 Å².